The zero-order valence-electron chi connectivity index (χ0n) is 16.1. The molecule has 8 nitrogen and oxygen atoms in total. The van der Waals surface area contributed by atoms with Gasteiger partial charge < -0.3 is 24.2 Å². The Bertz CT molecular complexity index is 800. The van der Waals surface area contributed by atoms with Crippen molar-refractivity contribution < 1.29 is 14.3 Å². The maximum absolute atomic E-state index is 12.7. The van der Waals surface area contributed by atoms with Gasteiger partial charge in [0.2, 0.25) is 5.88 Å². The minimum Gasteiger partial charge on any atom is -0.481 e. The van der Waals surface area contributed by atoms with Crippen LogP contribution in [-0.2, 0) is 4.74 Å². The quantitative estimate of drug-likeness (QED) is 0.788. The van der Waals surface area contributed by atoms with E-state index in [-0.39, 0.29) is 5.91 Å². The molecule has 148 valence electrons. The van der Waals surface area contributed by atoms with E-state index in [2.05, 4.69) is 19.8 Å². The Morgan fingerprint density at radius 1 is 1.00 bits per heavy atom. The Morgan fingerprint density at radius 2 is 1.75 bits per heavy atom. The monoisotopic (exact) mass is 383 g/mol. The smallest absolute Gasteiger partial charge is 0.254 e. The molecular weight excluding hydrogens is 358 g/mol. The molecule has 0 atom stereocenters. The molecule has 0 spiro atoms. The van der Waals surface area contributed by atoms with Gasteiger partial charge in [0.05, 0.1) is 32.2 Å². The van der Waals surface area contributed by atoms with Crippen molar-refractivity contribution >= 4 is 17.4 Å². The van der Waals surface area contributed by atoms with E-state index in [4.69, 9.17) is 9.47 Å². The minimum absolute atomic E-state index is 0.0508. The number of amides is 1. The van der Waals surface area contributed by atoms with Crippen LogP contribution in [0.4, 0.5) is 11.5 Å². The molecule has 2 aromatic rings. The lowest BCUT2D eigenvalue weighted by Crippen LogP contribution is -2.47. The lowest BCUT2D eigenvalue weighted by molar-refractivity contribution is 0.0303. The van der Waals surface area contributed by atoms with Gasteiger partial charge in [0.15, 0.2) is 0 Å². The maximum Gasteiger partial charge on any atom is 0.254 e. The summed E-state index contributed by atoms with van der Waals surface area (Å²) in [5.74, 6) is 1.52. The van der Waals surface area contributed by atoms with Gasteiger partial charge in [0, 0.05) is 57.1 Å². The van der Waals surface area contributed by atoms with Crippen LogP contribution in [0.3, 0.4) is 0 Å². The highest BCUT2D eigenvalue weighted by molar-refractivity contribution is 5.95. The number of pyridine rings is 2. The van der Waals surface area contributed by atoms with Crippen LogP contribution in [0.5, 0.6) is 5.88 Å². The molecule has 0 bridgehead atoms. The van der Waals surface area contributed by atoms with Crippen LogP contribution in [0.1, 0.15) is 10.4 Å². The van der Waals surface area contributed by atoms with E-state index in [1.807, 2.05) is 29.3 Å². The summed E-state index contributed by atoms with van der Waals surface area (Å²) in [5.41, 5.74) is 1.78. The van der Waals surface area contributed by atoms with Crippen LogP contribution < -0.4 is 14.5 Å². The second-order valence-electron chi connectivity index (χ2n) is 6.84. The number of rotatable bonds is 4. The third-order valence-corrected chi connectivity index (χ3v) is 5.19. The molecule has 0 aromatic carbocycles. The number of hydrogen-bond acceptors (Lipinski definition) is 7. The fourth-order valence-electron chi connectivity index (χ4n) is 3.55. The Hall–Kier alpha value is -2.87. The van der Waals surface area contributed by atoms with E-state index in [1.54, 1.807) is 19.4 Å². The molecule has 28 heavy (non-hydrogen) atoms. The molecule has 0 N–H and O–H groups in total. The van der Waals surface area contributed by atoms with Crippen molar-refractivity contribution in [3.63, 3.8) is 0 Å². The zero-order chi connectivity index (χ0) is 19.3. The van der Waals surface area contributed by atoms with Crippen molar-refractivity contribution in [2.75, 3.05) is 69.4 Å². The molecule has 2 aliphatic heterocycles. The number of carbonyl (C=O) groups excluding carboxylic acids is 1. The first kappa shape index (κ1) is 18.5. The van der Waals surface area contributed by atoms with Crippen LogP contribution in [0.25, 0.3) is 0 Å². The summed E-state index contributed by atoms with van der Waals surface area (Å²) in [5, 5.41) is 0. The third-order valence-electron chi connectivity index (χ3n) is 5.19. The molecule has 0 unspecified atom stereocenters. The molecular formula is C20H25N5O3. The van der Waals surface area contributed by atoms with E-state index in [9.17, 15) is 4.79 Å². The second kappa shape index (κ2) is 8.43. The maximum atomic E-state index is 12.7. The summed E-state index contributed by atoms with van der Waals surface area (Å²) in [7, 11) is 1.62. The van der Waals surface area contributed by atoms with Gasteiger partial charge in [-0.05, 0) is 18.2 Å². The molecule has 8 heteroatoms. The van der Waals surface area contributed by atoms with Gasteiger partial charge in [0.25, 0.3) is 5.91 Å². The van der Waals surface area contributed by atoms with E-state index < -0.39 is 0 Å². The molecule has 0 radical (unpaired) electrons. The topological polar surface area (TPSA) is 71.0 Å². The standard InChI is InChI=1S/C20H25N5O3/c1-27-19-3-2-17(15-22-19)23-6-8-24(9-7-23)18-14-16(4-5-21-18)20(26)25-10-12-28-13-11-25/h2-5,14-15H,6-13H2,1H3. The van der Waals surface area contributed by atoms with E-state index in [1.165, 1.54) is 0 Å². The van der Waals surface area contributed by atoms with Gasteiger partial charge in [0.1, 0.15) is 5.82 Å². The Balaban J connectivity index is 1.39. The fraction of sp³-hybridized carbons (Fsp3) is 0.450. The lowest BCUT2D eigenvalue weighted by Gasteiger charge is -2.36. The molecule has 1 amide bonds. The SMILES string of the molecule is COc1ccc(N2CCN(c3cc(C(=O)N4CCOCC4)ccn3)CC2)cn1. The van der Waals surface area contributed by atoms with Crippen LogP contribution in [0, 0.1) is 0 Å². The van der Waals surface area contributed by atoms with Crippen LogP contribution in [-0.4, -0.2) is 80.4 Å². The summed E-state index contributed by atoms with van der Waals surface area (Å²) in [4.78, 5) is 27.9. The number of carbonyl (C=O) groups is 1. The second-order valence-corrected chi connectivity index (χ2v) is 6.84. The van der Waals surface area contributed by atoms with Gasteiger partial charge in [-0.3, -0.25) is 4.79 Å². The fourth-order valence-corrected chi connectivity index (χ4v) is 3.55. The van der Waals surface area contributed by atoms with Crippen LogP contribution in [0.2, 0.25) is 0 Å². The van der Waals surface area contributed by atoms with Crippen molar-refractivity contribution in [3.05, 3.63) is 42.2 Å². The molecule has 2 fully saturated rings. The van der Waals surface area contributed by atoms with E-state index in [0.717, 1.165) is 37.7 Å². The van der Waals surface area contributed by atoms with Gasteiger partial charge in [-0.2, -0.15) is 0 Å². The van der Waals surface area contributed by atoms with Gasteiger partial charge >= 0.3 is 0 Å². The zero-order valence-corrected chi connectivity index (χ0v) is 16.1. The first-order valence-corrected chi connectivity index (χ1v) is 9.57. The molecule has 0 aliphatic carbocycles. The third kappa shape index (κ3) is 4.01. The highest BCUT2D eigenvalue weighted by atomic mass is 16.5. The van der Waals surface area contributed by atoms with Gasteiger partial charge in [-0.15, -0.1) is 0 Å². The average molecular weight is 383 g/mol. The Labute approximate surface area is 164 Å². The van der Waals surface area contributed by atoms with Gasteiger partial charge in [-0.25, -0.2) is 9.97 Å². The van der Waals surface area contributed by atoms with E-state index >= 15 is 0 Å². The highest BCUT2D eigenvalue weighted by Gasteiger charge is 2.22. The normalized spacial score (nSPS) is 17.5. The van der Waals surface area contributed by atoms with Crippen molar-refractivity contribution in [3.8, 4) is 5.88 Å². The predicted molar refractivity (Wildman–Crippen MR) is 106 cm³/mol. The van der Waals surface area contributed by atoms with Crippen LogP contribution >= 0.6 is 0 Å². The lowest BCUT2D eigenvalue weighted by atomic mass is 10.2. The number of methoxy groups -OCH3 is 1. The summed E-state index contributed by atoms with van der Waals surface area (Å²) in [6, 6.07) is 7.61. The first-order chi connectivity index (χ1) is 13.7. The van der Waals surface area contributed by atoms with Crippen molar-refractivity contribution in [1.82, 2.24) is 14.9 Å². The number of ether oxygens (including phenoxy) is 2. The number of piperazine rings is 1. The van der Waals surface area contributed by atoms with Crippen molar-refractivity contribution in [2.24, 2.45) is 0 Å². The van der Waals surface area contributed by atoms with Crippen LogP contribution in [0.15, 0.2) is 36.7 Å². The summed E-state index contributed by atoms with van der Waals surface area (Å²) in [6.45, 7) is 5.92. The number of hydrogen-bond donors (Lipinski definition) is 0. The van der Waals surface area contributed by atoms with Crippen molar-refractivity contribution in [1.29, 1.82) is 0 Å². The molecule has 4 heterocycles. The summed E-state index contributed by atoms with van der Waals surface area (Å²) < 4.78 is 10.5. The first-order valence-electron chi connectivity index (χ1n) is 9.57. The summed E-state index contributed by atoms with van der Waals surface area (Å²) in [6.07, 6.45) is 3.57. The molecule has 0 saturated carbocycles. The number of anilines is 2. The largest absolute Gasteiger partial charge is 0.481 e. The number of aromatic nitrogens is 2. The highest BCUT2D eigenvalue weighted by Crippen LogP contribution is 2.21. The van der Waals surface area contributed by atoms with Gasteiger partial charge in [-0.1, -0.05) is 0 Å². The number of nitrogens with zero attached hydrogens (tertiary/aromatic N) is 5. The number of morpholine rings is 1. The molecule has 4 rings (SSSR count). The molecule has 2 aromatic heterocycles. The average Bonchev–Trinajstić information content (AvgIpc) is 2.79. The van der Waals surface area contributed by atoms with E-state index in [0.29, 0.717) is 37.7 Å². The molecule has 2 aliphatic rings. The predicted octanol–water partition coefficient (Wildman–Crippen LogP) is 1.28. The Kier molecular flexibility index (Phi) is 5.57. The van der Waals surface area contributed by atoms with Crippen molar-refractivity contribution in [2.45, 2.75) is 0 Å². The molecule has 2 saturated heterocycles. The Morgan fingerprint density at radius 3 is 2.43 bits per heavy atom. The summed E-state index contributed by atoms with van der Waals surface area (Å²) >= 11 is 0. The minimum atomic E-state index is 0.0508.